The molecule has 0 fully saturated rings. The van der Waals surface area contributed by atoms with Gasteiger partial charge in [0.05, 0.1) is 19.4 Å². The lowest BCUT2D eigenvalue weighted by molar-refractivity contribution is 0.282. The Morgan fingerprint density at radius 1 is 1.22 bits per heavy atom. The van der Waals surface area contributed by atoms with Crippen molar-refractivity contribution in [2.24, 2.45) is 0 Å². The van der Waals surface area contributed by atoms with Gasteiger partial charge in [0, 0.05) is 17.5 Å². The van der Waals surface area contributed by atoms with Crippen molar-refractivity contribution in [3.05, 3.63) is 59.3 Å². The Morgan fingerprint density at radius 3 is 2.91 bits per heavy atom. The van der Waals surface area contributed by atoms with Gasteiger partial charge in [-0.3, -0.25) is 0 Å². The molecule has 0 atom stereocenters. The van der Waals surface area contributed by atoms with Gasteiger partial charge in [-0.15, -0.1) is 0 Å². The second-order valence-corrected chi connectivity index (χ2v) is 5.41. The van der Waals surface area contributed by atoms with E-state index in [0.717, 1.165) is 28.1 Å². The van der Waals surface area contributed by atoms with Gasteiger partial charge in [-0.2, -0.15) is 4.98 Å². The number of hydrogen-bond donors (Lipinski definition) is 2. The molecule has 2 aromatic carbocycles. The molecule has 0 amide bonds. The molecule has 0 spiro atoms. The van der Waals surface area contributed by atoms with E-state index in [1.54, 1.807) is 7.11 Å². The molecule has 1 aliphatic rings. The van der Waals surface area contributed by atoms with E-state index in [4.69, 9.17) is 9.47 Å². The number of aliphatic hydroxyl groups is 1. The summed E-state index contributed by atoms with van der Waals surface area (Å²) in [6.45, 7) is -0.0313. The fourth-order valence-corrected chi connectivity index (χ4v) is 2.88. The number of ether oxygens (including phenoxy) is 2. The highest BCUT2D eigenvalue weighted by atomic mass is 16.5. The van der Waals surface area contributed by atoms with Crippen molar-refractivity contribution in [3.63, 3.8) is 0 Å². The Labute approximate surface area is 133 Å². The summed E-state index contributed by atoms with van der Waals surface area (Å²) in [5, 5.41) is 9.50. The molecule has 0 saturated carbocycles. The number of benzene rings is 2. The van der Waals surface area contributed by atoms with Crippen LogP contribution in [0.2, 0.25) is 0 Å². The van der Waals surface area contributed by atoms with E-state index in [1.807, 2.05) is 42.5 Å². The van der Waals surface area contributed by atoms with Gasteiger partial charge in [0.15, 0.2) is 11.5 Å². The minimum absolute atomic E-state index is 0.0313. The van der Waals surface area contributed by atoms with Crippen LogP contribution in [0.3, 0.4) is 0 Å². The van der Waals surface area contributed by atoms with Crippen molar-refractivity contribution in [1.29, 1.82) is 0 Å². The molecule has 0 bridgehead atoms. The molecule has 2 N–H and O–H groups in total. The van der Waals surface area contributed by atoms with Gasteiger partial charge in [0.2, 0.25) is 5.88 Å². The molecule has 5 heteroatoms. The summed E-state index contributed by atoms with van der Waals surface area (Å²) in [4.78, 5) is 7.87. The van der Waals surface area contributed by atoms with Crippen LogP contribution in [0.25, 0.3) is 11.4 Å². The van der Waals surface area contributed by atoms with Crippen LogP contribution in [-0.2, 0) is 13.0 Å². The van der Waals surface area contributed by atoms with Gasteiger partial charge in [0.25, 0.3) is 0 Å². The SMILES string of the molecule is COc1cccc2c1Oc1nc(-c3ccccc3CO)[nH]c1C2. The monoisotopic (exact) mass is 308 g/mol. The number of H-pyrrole nitrogens is 1. The van der Waals surface area contributed by atoms with Gasteiger partial charge < -0.3 is 19.6 Å². The van der Waals surface area contributed by atoms with Gasteiger partial charge in [-0.1, -0.05) is 36.4 Å². The molecule has 3 aromatic rings. The topological polar surface area (TPSA) is 67.4 Å². The summed E-state index contributed by atoms with van der Waals surface area (Å²) in [6, 6.07) is 13.5. The average molecular weight is 308 g/mol. The van der Waals surface area contributed by atoms with Crippen LogP contribution in [0.4, 0.5) is 0 Å². The van der Waals surface area contributed by atoms with Gasteiger partial charge >= 0.3 is 0 Å². The van der Waals surface area contributed by atoms with Crippen LogP contribution in [0.15, 0.2) is 42.5 Å². The van der Waals surface area contributed by atoms with Crippen molar-refractivity contribution in [2.45, 2.75) is 13.0 Å². The van der Waals surface area contributed by atoms with Crippen LogP contribution in [0, 0.1) is 0 Å². The van der Waals surface area contributed by atoms with Gasteiger partial charge in [-0.05, 0) is 11.6 Å². The molecule has 5 nitrogen and oxygen atoms in total. The second-order valence-electron chi connectivity index (χ2n) is 5.41. The number of imidazole rings is 1. The number of hydrogen-bond acceptors (Lipinski definition) is 4. The molecule has 0 unspecified atom stereocenters. The van der Waals surface area contributed by atoms with E-state index in [-0.39, 0.29) is 6.61 Å². The van der Waals surface area contributed by atoms with E-state index in [1.165, 1.54) is 0 Å². The molecular weight excluding hydrogens is 292 g/mol. The molecular formula is C18H16N2O3. The van der Waals surface area contributed by atoms with Crippen LogP contribution in [-0.4, -0.2) is 22.2 Å². The number of nitrogens with zero attached hydrogens (tertiary/aromatic N) is 1. The third kappa shape index (κ3) is 2.26. The van der Waals surface area contributed by atoms with Crippen LogP contribution < -0.4 is 9.47 Å². The minimum Gasteiger partial charge on any atom is -0.493 e. The molecule has 116 valence electrons. The van der Waals surface area contributed by atoms with E-state index in [2.05, 4.69) is 9.97 Å². The lowest BCUT2D eigenvalue weighted by atomic mass is 10.1. The van der Waals surface area contributed by atoms with Crippen molar-refractivity contribution >= 4 is 0 Å². The summed E-state index contributed by atoms with van der Waals surface area (Å²) < 4.78 is 11.3. The fraction of sp³-hybridized carbons (Fsp3) is 0.167. The third-order valence-electron chi connectivity index (χ3n) is 4.03. The van der Waals surface area contributed by atoms with E-state index in [9.17, 15) is 5.11 Å². The summed E-state index contributed by atoms with van der Waals surface area (Å²) >= 11 is 0. The lowest BCUT2D eigenvalue weighted by Crippen LogP contribution is -2.04. The Kier molecular flexibility index (Phi) is 3.28. The summed E-state index contributed by atoms with van der Waals surface area (Å²) in [7, 11) is 1.63. The Hall–Kier alpha value is -2.79. The first-order chi connectivity index (χ1) is 11.3. The van der Waals surface area contributed by atoms with Crippen LogP contribution in [0.1, 0.15) is 16.8 Å². The Morgan fingerprint density at radius 2 is 2.09 bits per heavy atom. The number of aromatic amines is 1. The third-order valence-corrected chi connectivity index (χ3v) is 4.03. The maximum absolute atomic E-state index is 9.50. The Bertz CT molecular complexity index is 870. The minimum atomic E-state index is -0.0313. The number of methoxy groups -OCH3 is 1. The molecule has 1 aliphatic heterocycles. The van der Waals surface area contributed by atoms with Crippen LogP contribution in [0.5, 0.6) is 17.4 Å². The van der Waals surface area contributed by atoms with E-state index in [0.29, 0.717) is 23.9 Å². The predicted octanol–water partition coefficient (Wildman–Crippen LogP) is 3.27. The molecule has 2 heterocycles. The van der Waals surface area contributed by atoms with E-state index < -0.39 is 0 Å². The summed E-state index contributed by atoms with van der Waals surface area (Å²) in [5.74, 6) is 2.68. The van der Waals surface area contributed by atoms with Gasteiger partial charge in [-0.25, -0.2) is 0 Å². The van der Waals surface area contributed by atoms with Crippen molar-refractivity contribution in [2.75, 3.05) is 7.11 Å². The molecule has 23 heavy (non-hydrogen) atoms. The average Bonchev–Trinajstić information content (AvgIpc) is 3.01. The zero-order chi connectivity index (χ0) is 15.8. The second kappa shape index (κ2) is 5.44. The number of fused-ring (bicyclic) bond motifs is 2. The quantitative estimate of drug-likeness (QED) is 0.609. The molecule has 0 aliphatic carbocycles. The summed E-state index contributed by atoms with van der Waals surface area (Å²) in [6.07, 6.45) is 0.705. The molecule has 4 rings (SSSR count). The molecule has 1 aromatic heterocycles. The lowest BCUT2D eigenvalue weighted by Gasteiger charge is -2.17. The fourth-order valence-electron chi connectivity index (χ4n) is 2.88. The number of aromatic nitrogens is 2. The van der Waals surface area contributed by atoms with Crippen molar-refractivity contribution in [3.8, 4) is 28.8 Å². The number of para-hydroxylation sites is 1. The van der Waals surface area contributed by atoms with Crippen LogP contribution >= 0.6 is 0 Å². The largest absolute Gasteiger partial charge is 0.493 e. The molecule has 0 radical (unpaired) electrons. The zero-order valence-corrected chi connectivity index (χ0v) is 12.7. The number of rotatable bonds is 3. The highest BCUT2D eigenvalue weighted by molar-refractivity contribution is 5.63. The highest BCUT2D eigenvalue weighted by Crippen LogP contribution is 2.42. The molecule has 0 saturated heterocycles. The zero-order valence-electron chi connectivity index (χ0n) is 12.7. The number of nitrogens with one attached hydrogen (secondary N) is 1. The normalized spacial score (nSPS) is 12.3. The van der Waals surface area contributed by atoms with Crippen molar-refractivity contribution < 1.29 is 14.6 Å². The highest BCUT2D eigenvalue weighted by Gasteiger charge is 2.24. The first kappa shape index (κ1) is 13.8. The predicted molar refractivity (Wildman–Crippen MR) is 85.8 cm³/mol. The number of aliphatic hydroxyl groups excluding tert-OH is 1. The summed E-state index contributed by atoms with van der Waals surface area (Å²) in [5.41, 5.74) is 3.69. The first-order valence-corrected chi connectivity index (χ1v) is 7.42. The van der Waals surface area contributed by atoms with E-state index >= 15 is 0 Å². The maximum atomic E-state index is 9.50. The first-order valence-electron chi connectivity index (χ1n) is 7.42. The van der Waals surface area contributed by atoms with Gasteiger partial charge in [0.1, 0.15) is 5.82 Å². The smallest absolute Gasteiger partial charge is 0.241 e. The maximum Gasteiger partial charge on any atom is 0.241 e. The Balaban J connectivity index is 1.77. The standard InChI is InChI=1S/C18H16N2O3/c1-22-15-8-4-6-11-9-14-18(23-16(11)15)20-17(19-14)13-7-3-2-5-12(13)10-21/h2-8,21H,9-10H2,1H3,(H,19,20). The van der Waals surface area contributed by atoms with Crippen molar-refractivity contribution in [1.82, 2.24) is 9.97 Å².